The van der Waals surface area contributed by atoms with Crippen molar-refractivity contribution in [3.05, 3.63) is 27.4 Å². The molecule has 1 N–H and O–H groups in total. The van der Waals surface area contributed by atoms with Gasteiger partial charge in [0.1, 0.15) is 11.5 Å². The minimum atomic E-state index is 0.990. The van der Waals surface area contributed by atoms with E-state index in [1.54, 1.807) is 11.3 Å². The molecule has 0 aromatic carbocycles. The monoisotopic (exact) mass is 325 g/mol. The van der Waals surface area contributed by atoms with E-state index in [4.69, 9.17) is 4.98 Å². The van der Waals surface area contributed by atoms with E-state index in [9.17, 15) is 0 Å². The molecule has 0 spiro atoms. The van der Waals surface area contributed by atoms with Gasteiger partial charge >= 0.3 is 0 Å². The first-order valence-electron chi connectivity index (χ1n) is 6.27. The second-order valence-electron chi connectivity index (χ2n) is 4.56. The molecule has 2 aromatic rings. The van der Waals surface area contributed by atoms with E-state index in [1.807, 2.05) is 7.05 Å². The summed E-state index contributed by atoms with van der Waals surface area (Å²) in [5, 5.41) is 5.33. The quantitative estimate of drug-likeness (QED) is 0.936. The van der Waals surface area contributed by atoms with Crippen LogP contribution in [0.4, 0.5) is 0 Å². The Hall–Kier alpha value is -0.650. The molecule has 5 heteroatoms. The summed E-state index contributed by atoms with van der Waals surface area (Å²) in [5.74, 6) is 1.23. The van der Waals surface area contributed by atoms with Gasteiger partial charge in [-0.25, -0.2) is 4.98 Å². The average molecular weight is 326 g/mol. The Bertz CT molecular complexity index is 559. The van der Waals surface area contributed by atoms with Gasteiger partial charge in [-0.05, 0) is 41.9 Å². The van der Waals surface area contributed by atoms with Crippen molar-refractivity contribution in [3.8, 4) is 10.6 Å². The second-order valence-corrected chi connectivity index (χ2v) is 6.39. The molecule has 2 aromatic heterocycles. The van der Waals surface area contributed by atoms with Crippen molar-refractivity contribution in [2.24, 2.45) is 0 Å². The van der Waals surface area contributed by atoms with Crippen LogP contribution in [0.2, 0.25) is 0 Å². The number of hydrogen-bond acceptors (Lipinski definition) is 3. The van der Waals surface area contributed by atoms with Crippen LogP contribution >= 0.6 is 27.3 Å². The fourth-order valence-electron chi connectivity index (χ4n) is 2.52. The number of rotatable bonds is 4. The average Bonchev–Trinajstić information content (AvgIpc) is 3.02. The standard InChI is InChI=1S/C13H16BrN3S/c1-15-5-4-12-16-13(10-3-2-6-17(10)12)11-7-9(14)8-18-11/h7-8,15H,2-6H2,1H3. The van der Waals surface area contributed by atoms with Crippen LogP contribution in [0.5, 0.6) is 0 Å². The van der Waals surface area contributed by atoms with Crippen LogP contribution in [-0.2, 0) is 19.4 Å². The highest BCUT2D eigenvalue weighted by molar-refractivity contribution is 9.10. The van der Waals surface area contributed by atoms with Gasteiger partial charge in [0, 0.05) is 35.1 Å². The Balaban J connectivity index is 2.00. The SMILES string of the molecule is CNCCc1nc(-c2cc(Br)cs2)c2n1CCC2. The van der Waals surface area contributed by atoms with E-state index in [2.05, 4.69) is 37.3 Å². The largest absolute Gasteiger partial charge is 0.331 e. The fourth-order valence-corrected chi connectivity index (χ4v) is 3.96. The Morgan fingerprint density at radius 2 is 2.44 bits per heavy atom. The smallest absolute Gasteiger partial charge is 0.110 e. The number of hydrogen-bond donors (Lipinski definition) is 1. The normalized spacial score (nSPS) is 14.1. The van der Waals surface area contributed by atoms with Crippen LogP contribution in [0.1, 0.15) is 17.9 Å². The first-order chi connectivity index (χ1) is 8.79. The van der Waals surface area contributed by atoms with Gasteiger partial charge in [-0.2, -0.15) is 0 Å². The van der Waals surface area contributed by atoms with Gasteiger partial charge in [-0.15, -0.1) is 11.3 Å². The lowest BCUT2D eigenvalue weighted by molar-refractivity contribution is 0.663. The highest BCUT2D eigenvalue weighted by Gasteiger charge is 2.22. The summed E-state index contributed by atoms with van der Waals surface area (Å²) in [6.07, 6.45) is 3.43. The maximum absolute atomic E-state index is 4.87. The Labute approximate surface area is 119 Å². The molecule has 3 rings (SSSR count). The molecule has 0 amide bonds. The summed E-state index contributed by atoms with van der Waals surface area (Å²) in [7, 11) is 1.99. The van der Waals surface area contributed by atoms with Crippen LogP contribution in [0.25, 0.3) is 10.6 Å². The van der Waals surface area contributed by atoms with Gasteiger partial charge < -0.3 is 9.88 Å². The van der Waals surface area contributed by atoms with E-state index < -0.39 is 0 Å². The number of nitrogens with zero attached hydrogens (tertiary/aromatic N) is 2. The molecule has 0 saturated carbocycles. The predicted molar refractivity (Wildman–Crippen MR) is 79.2 cm³/mol. The molecule has 0 saturated heterocycles. The van der Waals surface area contributed by atoms with Gasteiger partial charge in [-0.1, -0.05) is 0 Å². The van der Waals surface area contributed by atoms with Crippen LogP contribution in [0, 0.1) is 0 Å². The molecule has 0 unspecified atom stereocenters. The Morgan fingerprint density at radius 1 is 1.56 bits per heavy atom. The minimum Gasteiger partial charge on any atom is -0.331 e. The molecule has 18 heavy (non-hydrogen) atoms. The third-order valence-corrected chi connectivity index (χ3v) is 5.04. The van der Waals surface area contributed by atoms with E-state index >= 15 is 0 Å². The molecule has 0 radical (unpaired) electrons. The summed E-state index contributed by atoms with van der Waals surface area (Å²) in [4.78, 5) is 6.15. The summed E-state index contributed by atoms with van der Waals surface area (Å²) < 4.78 is 3.57. The second kappa shape index (κ2) is 5.15. The number of aromatic nitrogens is 2. The van der Waals surface area contributed by atoms with E-state index in [1.165, 1.54) is 28.5 Å². The Morgan fingerprint density at radius 3 is 3.17 bits per heavy atom. The molecule has 0 aliphatic carbocycles. The number of thiophene rings is 1. The maximum Gasteiger partial charge on any atom is 0.110 e. The molecule has 3 nitrogen and oxygen atoms in total. The first-order valence-corrected chi connectivity index (χ1v) is 7.94. The summed E-state index contributed by atoms with van der Waals surface area (Å²) in [5.41, 5.74) is 2.63. The van der Waals surface area contributed by atoms with Crippen molar-refractivity contribution < 1.29 is 0 Å². The maximum atomic E-state index is 4.87. The van der Waals surface area contributed by atoms with Crippen LogP contribution in [-0.4, -0.2) is 23.1 Å². The molecular weight excluding hydrogens is 310 g/mol. The van der Waals surface area contributed by atoms with Gasteiger partial charge in [0.25, 0.3) is 0 Å². The summed E-state index contributed by atoms with van der Waals surface area (Å²) in [6, 6.07) is 2.17. The lowest BCUT2D eigenvalue weighted by Crippen LogP contribution is -2.13. The number of halogens is 1. The van der Waals surface area contributed by atoms with Gasteiger partial charge in [0.05, 0.1) is 4.88 Å². The highest BCUT2D eigenvalue weighted by atomic mass is 79.9. The predicted octanol–water partition coefficient (Wildman–Crippen LogP) is 3.08. The molecule has 3 heterocycles. The topological polar surface area (TPSA) is 29.9 Å². The van der Waals surface area contributed by atoms with Crippen LogP contribution < -0.4 is 5.32 Å². The van der Waals surface area contributed by atoms with Crippen molar-refractivity contribution >= 4 is 27.3 Å². The lowest BCUT2D eigenvalue weighted by Gasteiger charge is -2.02. The third-order valence-electron chi connectivity index (χ3n) is 3.35. The highest BCUT2D eigenvalue weighted by Crippen LogP contribution is 2.34. The van der Waals surface area contributed by atoms with Crippen molar-refractivity contribution in [1.29, 1.82) is 0 Å². The molecule has 96 valence electrons. The molecule has 0 atom stereocenters. The van der Waals surface area contributed by atoms with Crippen molar-refractivity contribution in [2.75, 3.05) is 13.6 Å². The van der Waals surface area contributed by atoms with Crippen molar-refractivity contribution in [1.82, 2.24) is 14.9 Å². The van der Waals surface area contributed by atoms with Crippen molar-refractivity contribution in [3.63, 3.8) is 0 Å². The molecule has 0 fully saturated rings. The number of nitrogens with one attached hydrogen (secondary N) is 1. The van der Waals surface area contributed by atoms with E-state index in [-0.39, 0.29) is 0 Å². The van der Waals surface area contributed by atoms with Crippen molar-refractivity contribution in [2.45, 2.75) is 25.8 Å². The number of fused-ring (bicyclic) bond motifs is 1. The molecular formula is C13H16BrN3S. The van der Waals surface area contributed by atoms with Crippen LogP contribution in [0.3, 0.4) is 0 Å². The summed E-state index contributed by atoms with van der Waals surface area (Å²) in [6.45, 7) is 2.12. The Kier molecular flexibility index (Phi) is 3.54. The lowest BCUT2D eigenvalue weighted by atomic mass is 10.2. The zero-order chi connectivity index (χ0) is 12.5. The first kappa shape index (κ1) is 12.4. The zero-order valence-electron chi connectivity index (χ0n) is 10.4. The van der Waals surface area contributed by atoms with Gasteiger partial charge in [0.2, 0.25) is 0 Å². The molecule has 1 aliphatic heterocycles. The van der Waals surface area contributed by atoms with E-state index in [0.717, 1.165) is 30.4 Å². The molecule has 0 bridgehead atoms. The van der Waals surface area contributed by atoms with Crippen LogP contribution in [0.15, 0.2) is 15.9 Å². The summed E-state index contributed by atoms with van der Waals surface area (Å²) >= 11 is 5.29. The van der Waals surface area contributed by atoms with Gasteiger partial charge in [0.15, 0.2) is 0 Å². The minimum absolute atomic E-state index is 0.990. The number of imidazole rings is 1. The fraction of sp³-hybridized carbons (Fsp3) is 0.462. The molecule has 1 aliphatic rings. The number of likely N-dealkylation sites (N-methyl/N-ethyl adjacent to an activating group) is 1. The van der Waals surface area contributed by atoms with Gasteiger partial charge in [-0.3, -0.25) is 0 Å². The zero-order valence-corrected chi connectivity index (χ0v) is 12.8. The van der Waals surface area contributed by atoms with E-state index in [0.29, 0.717) is 0 Å². The third kappa shape index (κ3) is 2.15.